The van der Waals surface area contributed by atoms with Crippen molar-refractivity contribution in [3.8, 4) is 11.1 Å². The fourth-order valence-electron chi connectivity index (χ4n) is 3.02. The number of ether oxygens (including phenoxy) is 1. The molecule has 0 fully saturated rings. The summed E-state index contributed by atoms with van der Waals surface area (Å²) in [6.07, 6.45) is -0.679. The van der Waals surface area contributed by atoms with E-state index in [4.69, 9.17) is 4.74 Å². The van der Waals surface area contributed by atoms with Crippen molar-refractivity contribution in [1.29, 1.82) is 0 Å². The van der Waals surface area contributed by atoms with Gasteiger partial charge in [0, 0.05) is 29.9 Å². The summed E-state index contributed by atoms with van der Waals surface area (Å²) in [5.74, 6) is -1.65. The van der Waals surface area contributed by atoms with Crippen molar-refractivity contribution >= 4 is 5.97 Å². The molecule has 0 bridgehead atoms. The van der Waals surface area contributed by atoms with Crippen molar-refractivity contribution in [2.24, 2.45) is 0 Å². The molecule has 0 N–H and O–H groups in total. The molecule has 7 heteroatoms. The van der Waals surface area contributed by atoms with Crippen LogP contribution in [0, 0.1) is 5.82 Å². The van der Waals surface area contributed by atoms with Gasteiger partial charge in [-0.1, -0.05) is 13.0 Å². The van der Waals surface area contributed by atoms with Crippen LogP contribution in [0.15, 0.2) is 30.6 Å². The highest BCUT2D eigenvalue weighted by Gasteiger charge is 2.34. The number of benzene rings is 1. The summed E-state index contributed by atoms with van der Waals surface area (Å²) in [7, 11) is 0. The highest BCUT2D eigenvalue weighted by atomic mass is 19.4. The van der Waals surface area contributed by atoms with E-state index in [0.29, 0.717) is 24.0 Å². The van der Waals surface area contributed by atoms with Gasteiger partial charge in [-0.05, 0) is 36.1 Å². The topological polar surface area (TPSA) is 39.2 Å². The molecule has 1 aliphatic carbocycles. The number of nitrogens with zero attached hydrogens (tertiary/aromatic N) is 1. The van der Waals surface area contributed by atoms with E-state index in [1.165, 1.54) is 12.3 Å². The van der Waals surface area contributed by atoms with Crippen LogP contribution in [0.3, 0.4) is 0 Å². The maximum Gasteiger partial charge on any atom is 0.419 e. The molecule has 1 aromatic heterocycles. The van der Waals surface area contributed by atoms with Gasteiger partial charge in [-0.2, -0.15) is 13.2 Å². The predicted molar refractivity (Wildman–Crippen MR) is 82.1 cm³/mol. The Morgan fingerprint density at radius 1 is 1.32 bits per heavy atom. The Balaban J connectivity index is 1.98. The summed E-state index contributed by atoms with van der Waals surface area (Å²) in [4.78, 5) is 15.6. The van der Waals surface area contributed by atoms with Gasteiger partial charge in [0.25, 0.3) is 0 Å². The molecule has 0 spiro atoms. The number of hydrogen-bond acceptors (Lipinski definition) is 3. The first-order valence-electron chi connectivity index (χ1n) is 7.84. The maximum absolute atomic E-state index is 13.9. The third-order valence-electron chi connectivity index (χ3n) is 4.24. The highest BCUT2D eigenvalue weighted by molar-refractivity contribution is 5.71. The van der Waals surface area contributed by atoms with Crippen LogP contribution in [-0.4, -0.2) is 11.0 Å². The van der Waals surface area contributed by atoms with Crippen molar-refractivity contribution in [2.75, 3.05) is 0 Å². The number of carbonyl (C=O) groups excluding carboxylic acids is 1. The Morgan fingerprint density at radius 2 is 2.08 bits per heavy atom. The number of esters is 1. The monoisotopic (exact) mass is 353 g/mol. The number of aromatic nitrogens is 1. The minimum atomic E-state index is -4.74. The van der Waals surface area contributed by atoms with E-state index in [1.807, 2.05) is 0 Å². The molecule has 1 unspecified atom stereocenters. The summed E-state index contributed by atoms with van der Waals surface area (Å²) >= 11 is 0. The highest BCUT2D eigenvalue weighted by Crippen LogP contribution is 2.40. The second-order valence-corrected chi connectivity index (χ2v) is 5.82. The van der Waals surface area contributed by atoms with Crippen molar-refractivity contribution in [1.82, 2.24) is 4.98 Å². The van der Waals surface area contributed by atoms with Gasteiger partial charge >= 0.3 is 12.1 Å². The second kappa shape index (κ2) is 6.46. The van der Waals surface area contributed by atoms with E-state index < -0.39 is 23.7 Å². The first-order valence-corrected chi connectivity index (χ1v) is 7.84. The number of pyridine rings is 1. The van der Waals surface area contributed by atoms with Gasteiger partial charge < -0.3 is 4.74 Å². The lowest BCUT2D eigenvalue weighted by molar-refractivity contribution is -0.149. The van der Waals surface area contributed by atoms with Crippen LogP contribution in [0.1, 0.15) is 42.6 Å². The lowest BCUT2D eigenvalue weighted by atomic mass is 9.98. The number of alkyl halides is 3. The van der Waals surface area contributed by atoms with E-state index in [0.717, 1.165) is 23.3 Å². The Kier molecular flexibility index (Phi) is 4.49. The number of carbonyl (C=O) groups is 1. The molecular formula is C18H15F4NO2. The summed E-state index contributed by atoms with van der Waals surface area (Å²) in [5, 5.41) is 0. The molecule has 2 aromatic rings. The van der Waals surface area contributed by atoms with Crippen LogP contribution in [0.5, 0.6) is 0 Å². The van der Waals surface area contributed by atoms with Crippen LogP contribution in [0.4, 0.5) is 17.6 Å². The number of rotatable bonds is 3. The zero-order valence-electron chi connectivity index (χ0n) is 13.4. The summed E-state index contributed by atoms with van der Waals surface area (Å²) in [6, 6.07) is 2.83. The summed E-state index contributed by atoms with van der Waals surface area (Å²) in [6.45, 7) is 1.69. The molecule has 0 saturated carbocycles. The minimum absolute atomic E-state index is 0.253. The first-order chi connectivity index (χ1) is 11.8. The molecular weight excluding hydrogens is 338 g/mol. The third-order valence-corrected chi connectivity index (χ3v) is 4.24. The number of fused-ring (bicyclic) bond motifs is 1. The smallest absolute Gasteiger partial charge is 0.419 e. The zero-order valence-corrected chi connectivity index (χ0v) is 13.4. The minimum Gasteiger partial charge on any atom is -0.457 e. The number of hydrogen-bond donors (Lipinski definition) is 0. The predicted octanol–water partition coefficient (Wildman–Crippen LogP) is 4.85. The van der Waals surface area contributed by atoms with Crippen molar-refractivity contribution in [3.63, 3.8) is 0 Å². The van der Waals surface area contributed by atoms with Crippen LogP contribution in [0.2, 0.25) is 0 Å². The van der Waals surface area contributed by atoms with Crippen LogP contribution in [-0.2, 0) is 22.1 Å². The van der Waals surface area contributed by atoms with Crippen LogP contribution in [0.25, 0.3) is 11.1 Å². The Morgan fingerprint density at radius 3 is 2.72 bits per heavy atom. The first kappa shape index (κ1) is 17.4. The van der Waals surface area contributed by atoms with Gasteiger partial charge in [0.15, 0.2) is 0 Å². The van der Waals surface area contributed by atoms with Gasteiger partial charge in [-0.25, -0.2) is 4.39 Å². The molecule has 0 amide bonds. The Bertz CT molecular complexity index is 817. The Labute approximate surface area is 141 Å². The van der Waals surface area contributed by atoms with Gasteiger partial charge in [0.2, 0.25) is 0 Å². The van der Waals surface area contributed by atoms with Crippen LogP contribution >= 0.6 is 0 Å². The molecule has 0 saturated heterocycles. The van der Waals surface area contributed by atoms with E-state index in [-0.39, 0.29) is 12.4 Å². The fraction of sp³-hybridized carbons (Fsp3) is 0.333. The van der Waals surface area contributed by atoms with E-state index >= 15 is 0 Å². The third kappa shape index (κ3) is 3.36. The van der Waals surface area contributed by atoms with Crippen molar-refractivity contribution < 1.29 is 27.1 Å². The normalized spacial score (nSPS) is 16.6. The van der Waals surface area contributed by atoms with E-state index in [9.17, 15) is 22.4 Å². The second-order valence-electron chi connectivity index (χ2n) is 5.82. The van der Waals surface area contributed by atoms with Crippen LogP contribution < -0.4 is 0 Å². The van der Waals surface area contributed by atoms with Crippen molar-refractivity contribution in [3.05, 3.63) is 53.1 Å². The summed E-state index contributed by atoms with van der Waals surface area (Å²) in [5.41, 5.74) is 1.12. The van der Waals surface area contributed by atoms with E-state index in [2.05, 4.69) is 4.98 Å². The molecule has 3 rings (SSSR count). The molecule has 25 heavy (non-hydrogen) atoms. The standard InChI is InChI=1S/C18H15F4NO2/c1-2-17(24)25-16-6-4-11-12(8-23-9-13(11)16)10-3-5-14(15(19)7-10)18(20,21)22/h3,5,7-9,16H,2,4,6H2,1H3. The average molecular weight is 353 g/mol. The van der Waals surface area contributed by atoms with E-state index in [1.54, 1.807) is 13.1 Å². The lowest BCUT2D eigenvalue weighted by Crippen LogP contribution is -2.08. The summed E-state index contributed by atoms with van der Waals surface area (Å²) < 4.78 is 57.4. The molecule has 0 radical (unpaired) electrons. The van der Waals surface area contributed by atoms with Gasteiger partial charge in [0.1, 0.15) is 11.9 Å². The molecule has 1 atom stereocenters. The molecule has 3 nitrogen and oxygen atoms in total. The molecule has 132 valence electrons. The molecule has 0 aliphatic heterocycles. The quantitative estimate of drug-likeness (QED) is 0.585. The molecule has 1 aromatic carbocycles. The maximum atomic E-state index is 13.9. The zero-order chi connectivity index (χ0) is 18.2. The average Bonchev–Trinajstić information content (AvgIpc) is 2.96. The SMILES string of the molecule is CCC(=O)OC1CCc2c(-c3ccc(C(F)(F)F)c(F)c3)cncc21. The molecule has 1 aliphatic rings. The van der Waals surface area contributed by atoms with Gasteiger partial charge in [-0.3, -0.25) is 9.78 Å². The fourth-order valence-corrected chi connectivity index (χ4v) is 3.02. The van der Waals surface area contributed by atoms with Gasteiger partial charge in [0.05, 0.1) is 5.56 Å². The van der Waals surface area contributed by atoms with Gasteiger partial charge in [-0.15, -0.1) is 0 Å². The lowest BCUT2D eigenvalue weighted by Gasteiger charge is -2.14. The number of halogens is 4. The van der Waals surface area contributed by atoms with Crippen molar-refractivity contribution in [2.45, 2.75) is 38.5 Å². The Hall–Kier alpha value is -2.44. The largest absolute Gasteiger partial charge is 0.457 e. The molecule has 1 heterocycles.